The molecule has 0 saturated carbocycles. The second-order valence-electron chi connectivity index (χ2n) is 8.42. The molecule has 1 amide bonds. The summed E-state index contributed by atoms with van der Waals surface area (Å²) >= 11 is 2.86. The number of carbonyl (C=O) groups is 1. The zero-order valence-electron chi connectivity index (χ0n) is 18.8. The molecule has 0 bridgehead atoms. The van der Waals surface area contributed by atoms with Crippen LogP contribution >= 0.6 is 23.1 Å². The van der Waals surface area contributed by atoms with Crippen LogP contribution in [0, 0.1) is 5.82 Å². The molecular formula is C25H24FN3O3S2. The average Bonchev–Trinajstić information content (AvgIpc) is 3.48. The summed E-state index contributed by atoms with van der Waals surface area (Å²) in [6.45, 7) is 0.643. The van der Waals surface area contributed by atoms with Crippen LogP contribution in [0.3, 0.4) is 0 Å². The molecule has 0 spiro atoms. The summed E-state index contributed by atoms with van der Waals surface area (Å²) in [5.41, 5.74) is 1.92. The van der Waals surface area contributed by atoms with Crippen LogP contribution < -0.4 is 5.56 Å². The Kier molecular flexibility index (Phi) is 6.56. The first-order valence-corrected chi connectivity index (χ1v) is 13.0. The number of rotatable bonds is 7. The Bertz CT molecular complexity index is 1380. The van der Waals surface area contributed by atoms with Gasteiger partial charge in [-0.1, -0.05) is 23.9 Å². The van der Waals surface area contributed by atoms with E-state index < -0.39 is 0 Å². The molecule has 34 heavy (non-hydrogen) atoms. The molecule has 0 radical (unpaired) electrons. The van der Waals surface area contributed by atoms with Crippen LogP contribution in [-0.4, -0.2) is 33.2 Å². The standard InChI is InChI=1S/C25H24FN3O3S2/c1-28(13-16-8-10-17(26)11-9-16)21(30)15-33-25-27-23-22(19-6-2-3-7-20(19)34-23)24(31)29(25)14-18-5-4-12-32-18/h4-5,8-12H,2-3,6-7,13-15H2,1H3. The molecule has 0 aliphatic heterocycles. The lowest BCUT2D eigenvalue weighted by Crippen LogP contribution is -2.29. The van der Waals surface area contributed by atoms with Crippen LogP contribution in [0.25, 0.3) is 10.2 Å². The topological polar surface area (TPSA) is 68.3 Å². The molecule has 1 aromatic carbocycles. The Hall–Kier alpha value is -2.91. The third-order valence-electron chi connectivity index (χ3n) is 6.02. The van der Waals surface area contributed by atoms with E-state index in [0.29, 0.717) is 17.5 Å². The van der Waals surface area contributed by atoms with Gasteiger partial charge in [-0.25, -0.2) is 9.37 Å². The van der Waals surface area contributed by atoms with Gasteiger partial charge in [0, 0.05) is 18.5 Å². The van der Waals surface area contributed by atoms with Crippen molar-refractivity contribution in [1.82, 2.24) is 14.5 Å². The van der Waals surface area contributed by atoms with Crippen molar-refractivity contribution in [2.24, 2.45) is 0 Å². The summed E-state index contributed by atoms with van der Waals surface area (Å²) in [5, 5.41) is 1.23. The maximum atomic E-state index is 13.6. The van der Waals surface area contributed by atoms with Gasteiger partial charge in [0.25, 0.3) is 5.56 Å². The molecular weight excluding hydrogens is 473 g/mol. The Morgan fingerprint density at radius 2 is 2.03 bits per heavy atom. The van der Waals surface area contributed by atoms with Gasteiger partial charge < -0.3 is 9.32 Å². The van der Waals surface area contributed by atoms with E-state index in [9.17, 15) is 14.0 Å². The SMILES string of the molecule is CN(Cc1ccc(F)cc1)C(=O)CSc1nc2sc3c(c2c(=O)n1Cc1ccco1)CCCC3. The monoisotopic (exact) mass is 497 g/mol. The minimum atomic E-state index is -0.306. The van der Waals surface area contributed by atoms with Crippen LogP contribution in [0.15, 0.2) is 57.0 Å². The Morgan fingerprint density at radius 3 is 2.79 bits per heavy atom. The van der Waals surface area contributed by atoms with Crippen LogP contribution in [0.5, 0.6) is 0 Å². The maximum absolute atomic E-state index is 13.6. The van der Waals surface area contributed by atoms with E-state index in [2.05, 4.69) is 0 Å². The van der Waals surface area contributed by atoms with Gasteiger partial charge in [-0.05, 0) is 61.1 Å². The number of hydrogen-bond donors (Lipinski definition) is 0. The number of amides is 1. The molecule has 4 aromatic rings. The summed E-state index contributed by atoms with van der Waals surface area (Å²) in [6.07, 6.45) is 5.70. The predicted octanol–water partition coefficient (Wildman–Crippen LogP) is 4.87. The lowest BCUT2D eigenvalue weighted by Gasteiger charge is -2.18. The van der Waals surface area contributed by atoms with E-state index in [1.54, 1.807) is 52.3 Å². The van der Waals surface area contributed by atoms with Crippen molar-refractivity contribution in [2.45, 2.75) is 43.9 Å². The Balaban J connectivity index is 1.41. The fourth-order valence-corrected chi connectivity index (χ4v) is 6.46. The Morgan fingerprint density at radius 1 is 1.24 bits per heavy atom. The highest BCUT2D eigenvalue weighted by Crippen LogP contribution is 2.35. The van der Waals surface area contributed by atoms with Gasteiger partial charge >= 0.3 is 0 Å². The molecule has 6 nitrogen and oxygen atoms in total. The number of benzene rings is 1. The highest BCUT2D eigenvalue weighted by molar-refractivity contribution is 7.99. The number of fused-ring (bicyclic) bond motifs is 3. The summed E-state index contributed by atoms with van der Waals surface area (Å²) in [5.74, 6) is 0.394. The van der Waals surface area contributed by atoms with Crippen molar-refractivity contribution < 1.29 is 13.6 Å². The average molecular weight is 498 g/mol. The van der Waals surface area contributed by atoms with Crippen molar-refractivity contribution >= 4 is 39.2 Å². The van der Waals surface area contributed by atoms with E-state index in [4.69, 9.17) is 9.40 Å². The van der Waals surface area contributed by atoms with Crippen molar-refractivity contribution in [3.8, 4) is 0 Å². The normalized spacial score (nSPS) is 13.2. The van der Waals surface area contributed by atoms with E-state index in [-0.39, 0.29) is 29.6 Å². The van der Waals surface area contributed by atoms with E-state index >= 15 is 0 Å². The summed E-state index contributed by atoms with van der Waals surface area (Å²) in [7, 11) is 1.71. The molecule has 3 heterocycles. The molecule has 3 aromatic heterocycles. The van der Waals surface area contributed by atoms with Gasteiger partial charge in [-0.15, -0.1) is 11.3 Å². The van der Waals surface area contributed by atoms with Gasteiger partial charge in [0.1, 0.15) is 16.4 Å². The fraction of sp³-hybridized carbons (Fsp3) is 0.320. The molecule has 0 fully saturated rings. The molecule has 9 heteroatoms. The van der Waals surface area contributed by atoms with E-state index in [0.717, 1.165) is 47.0 Å². The third kappa shape index (κ3) is 4.67. The molecule has 1 aliphatic carbocycles. The van der Waals surface area contributed by atoms with Gasteiger partial charge in [0.05, 0.1) is 23.9 Å². The minimum Gasteiger partial charge on any atom is -0.467 e. The lowest BCUT2D eigenvalue weighted by molar-refractivity contribution is -0.127. The van der Waals surface area contributed by atoms with Gasteiger partial charge in [-0.2, -0.15) is 0 Å². The molecule has 176 valence electrons. The summed E-state index contributed by atoms with van der Waals surface area (Å²) in [6, 6.07) is 9.73. The van der Waals surface area contributed by atoms with Crippen molar-refractivity contribution in [1.29, 1.82) is 0 Å². The highest BCUT2D eigenvalue weighted by Gasteiger charge is 2.23. The number of aryl methyl sites for hydroxylation is 2. The van der Waals surface area contributed by atoms with Crippen LogP contribution in [0.2, 0.25) is 0 Å². The quantitative estimate of drug-likeness (QED) is 0.269. The third-order valence-corrected chi connectivity index (χ3v) is 8.16. The second-order valence-corrected chi connectivity index (χ2v) is 10.4. The first-order valence-electron chi connectivity index (χ1n) is 11.2. The molecule has 5 rings (SSSR count). The van der Waals surface area contributed by atoms with Crippen molar-refractivity contribution in [3.05, 3.63) is 80.6 Å². The van der Waals surface area contributed by atoms with E-state index in [1.807, 2.05) is 6.07 Å². The molecule has 0 saturated heterocycles. The smallest absolute Gasteiger partial charge is 0.263 e. The van der Waals surface area contributed by atoms with Crippen LogP contribution in [0.1, 0.15) is 34.6 Å². The van der Waals surface area contributed by atoms with Gasteiger partial charge in [0.15, 0.2) is 5.16 Å². The molecule has 1 aliphatic rings. The number of thiophene rings is 1. The predicted molar refractivity (Wildman–Crippen MR) is 132 cm³/mol. The van der Waals surface area contributed by atoms with E-state index in [1.165, 1.54) is 28.8 Å². The second kappa shape index (κ2) is 9.76. The largest absolute Gasteiger partial charge is 0.467 e. The zero-order valence-corrected chi connectivity index (χ0v) is 20.4. The molecule has 0 unspecified atom stereocenters. The summed E-state index contributed by atoms with van der Waals surface area (Å²) < 4.78 is 20.3. The van der Waals surface area contributed by atoms with Crippen molar-refractivity contribution in [2.75, 3.05) is 12.8 Å². The number of furan rings is 1. The maximum Gasteiger partial charge on any atom is 0.263 e. The van der Waals surface area contributed by atoms with Gasteiger partial charge in [-0.3, -0.25) is 14.2 Å². The highest BCUT2D eigenvalue weighted by atomic mass is 32.2. The Labute approximate surface area is 204 Å². The van der Waals surface area contributed by atoms with Crippen molar-refractivity contribution in [3.63, 3.8) is 0 Å². The number of carbonyl (C=O) groups excluding carboxylic acids is 1. The number of thioether (sulfide) groups is 1. The summed E-state index contributed by atoms with van der Waals surface area (Å²) in [4.78, 5) is 34.9. The molecule has 0 atom stereocenters. The first-order chi connectivity index (χ1) is 16.5. The number of hydrogen-bond acceptors (Lipinski definition) is 6. The lowest BCUT2D eigenvalue weighted by atomic mass is 9.97. The first kappa shape index (κ1) is 22.9. The number of nitrogens with zero attached hydrogens (tertiary/aromatic N) is 3. The number of halogens is 1. The van der Waals surface area contributed by atoms with Crippen LogP contribution in [-0.2, 0) is 30.7 Å². The minimum absolute atomic E-state index is 0.0737. The molecule has 0 N–H and O–H groups in total. The van der Waals surface area contributed by atoms with Gasteiger partial charge in [0.2, 0.25) is 5.91 Å². The zero-order chi connectivity index (χ0) is 23.7. The van der Waals surface area contributed by atoms with Crippen LogP contribution in [0.4, 0.5) is 4.39 Å². The fourth-order valence-electron chi connectivity index (χ4n) is 4.22. The number of aromatic nitrogens is 2.